The van der Waals surface area contributed by atoms with Crippen LogP contribution in [0.1, 0.15) is 19.5 Å². The summed E-state index contributed by atoms with van der Waals surface area (Å²) in [6.07, 6.45) is 2.94. The van der Waals surface area contributed by atoms with E-state index in [2.05, 4.69) is 9.97 Å². The van der Waals surface area contributed by atoms with Gasteiger partial charge in [0.2, 0.25) is 5.88 Å². The number of rotatable bonds is 3. The quantitative estimate of drug-likeness (QED) is 0.409. The van der Waals surface area contributed by atoms with E-state index < -0.39 is 0 Å². The van der Waals surface area contributed by atoms with E-state index in [1.54, 1.807) is 0 Å². The predicted molar refractivity (Wildman–Crippen MR) is 56.0 cm³/mol. The molecular formula is C8H13N4NaO. The fourth-order valence-electron chi connectivity index (χ4n) is 0.758. The summed E-state index contributed by atoms with van der Waals surface area (Å²) in [7, 11) is 0. The number of hydrogen-bond donors (Lipinski definition) is 2. The van der Waals surface area contributed by atoms with E-state index in [1.165, 1.54) is 12.4 Å². The van der Waals surface area contributed by atoms with Crippen LogP contribution in [0.3, 0.4) is 0 Å². The van der Waals surface area contributed by atoms with Gasteiger partial charge in [0.25, 0.3) is 0 Å². The molecule has 0 bridgehead atoms. The summed E-state index contributed by atoms with van der Waals surface area (Å²) in [5.74, 6) is 0.351. The van der Waals surface area contributed by atoms with E-state index in [-0.39, 0.29) is 41.5 Å². The van der Waals surface area contributed by atoms with Gasteiger partial charge in [0, 0.05) is 0 Å². The Bertz CT molecular complexity index is 299. The van der Waals surface area contributed by atoms with Gasteiger partial charge in [-0.25, -0.2) is 9.97 Å². The van der Waals surface area contributed by atoms with E-state index in [9.17, 15) is 0 Å². The Labute approximate surface area is 105 Å². The SMILES string of the molecule is CC(C)Oc1cnc(C(=N)N)cn1.[NaH]. The standard InChI is InChI=1S/C8H12N4O.Na.H/c1-5(2)13-7-4-11-6(3-12-7)8(9)10;;/h3-5H,1-2H3,(H3,9,10);;. The molecule has 1 aromatic rings. The summed E-state index contributed by atoms with van der Waals surface area (Å²) < 4.78 is 5.26. The molecule has 0 aromatic carbocycles. The molecule has 0 unspecified atom stereocenters. The van der Waals surface area contributed by atoms with Crippen LogP contribution in [0.4, 0.5) is 0 Å². The second-order valence-corrected chi connectivity index (χ2v) is 2.82. The molecule has 14 heavy (non-hydrogen) atoms. The Morgan fingerprint density at radius 3 is 2.43 bits per heavy atom. The second-order valence-electron chi connectivity index (χ2n) is 2.82. The Morgan fingerprint density at radius 2 is 2.07 bits per heavy atom. The third-order valence-corrected chi connectivity index (χ3v) is 1.26. The predicted octanol–water partition coefficient (Wildman–Crippen LogP) is -0.101. The number of nitrogen functional groups attached to an aromatic ring is 1. The van der Waals surface area contributed by atoms with Crippen LogP contribution in [0.25, 0.3) is 0 Å². The molecule has 1 rings (SSSR count). The molecule has 0 atom stereocenters. The number of nitrogens with zero attached hydrogens (tertiary/aromatic N) is 2. The first-order chi connectivity index (χ1) is 6.09. The molecular weight excluding hydrogens is 191 g/mol. The molecule has 0 saturated carbocycles. The van der Waals surface area contributed by atoms with E-state index in [1.807, 2.05) is 13.8 Å². The van der Waals surface area contributed by atoms with Gasteiger partial charge in [0.15, 0.2) is 0 Å². The van der Waals surface area contributed by atoms with Crippen molar-refractivity contribution < 1.29 is 4.74 Å². The molecule has 0 aliphatic rings. The van der Waals surface area contributed by atoms with Crippen molar-refractivity contribution in [2.45, 2.75) is 20.0 Å². The topological polar surface area (TPSA) is 84.9 Å². The van der Waals surface area contributed by atoms with Gasteiger partial charge in [-0.3, -0.25) is 5.41 Å². The molecule has 5 nitrogen and oxygen atoms in total. The Hall–Kier alpha value is -0.650. The van der Waals surface area contributed by atoms with E-state index in [4.69, 9.17) is 15.9 Å². The van der Waals surface area contributed by atoms with Crippen LogP contribution in [0.2, 0.25) is 0 Å². The number of nitrogens with one attached hydrogen (secondary N) is 1. The van der Waals surface area contributed by atoms with Crippen molar-refractivity contribution in [3.63, 3.8) is 0 Å². The van der Waals surface area contributed by atoms with Crippen LogP contribution < -0.4 is 10.5 Å². The summed E-state index contributed by atoms with van der Waals surface area (Å²) in [4.78, 5) is 7.83. The number of hydrogen-bond acceptors (Lipinski definition) is 4. The first kappa shape index (κ1) is 13.4. The van der Waals surface area contributed by atoms with Crippen molar-refractivity contribution in [3.05, 3.63) is 18.1 Å². The van der Waals surface area contributed by atoms with Gasteiger partial charge in [-0.05, 0) is 13.8 Å². The first-order valence-electron chi connectivity index (χ1n) is 3.92. The number of nitrogens with two attached hydrogens (primary N) is 1. The molecule has 0 saturated heterocycles. The Balaban J connectivity index is 0.00000169. The molecule has 0 aliphatic heterocycles. The fraction of sp³-hybridized carbons (Fsp3) is 0.375. The number of amidine groups is 1. The maximum absolute atomic E-state index is 7.08. The minimum atomic E-state index is -0.0939. The van der Waals surface area contributed by atoms with Crippen molar-refractivity contribution in [3.8, 4) is 5.88 Å². The molecule has 0 amide bonds. The monoisotopic (exact) mass is 204 g/mol. The van der Waals surface area contributed by atoms with Gasteiger partial charge in [-0.1, -0.05) is 0 Å². The molecule has 72 valence electrons. The van der Waals surface area contributed by atoms with Crippen LogP contribution in [-0.2, 0) is 0 Å². The van der Waals surface area contributed by atoms with Gasteiger partial charge in [0.05, 0.1) is 18.5 Å². The number of aromatic nitrogens is 2. The molecule has 0 spiro atoms. The Kier molecular flexibility index (Phi) is 5.68. The first-order valence-corrected chi connectivity index (χ1v) is 3.92. The summed E-state index contributed by atoms with van der Waals surface area (Å²) in [6.45, 7) is 3.81. The fourth-order valence-corrected chi connectivity index (χ4v) is 0.758. The summed E-state index contributed by atoms with van der Waals surface area (Å²) in [6, 6.07) is 0. The average molecular weight is 204 g/mol. The molecule has 0 fully saturated rings. The van der Waals surface area contributed by atoms with Crippen molar-refractivity contribution in [2.75, 3.05) is 0 Å². The molecule has 0 radical (unpaired) electrons. The molecule has 1 aromatic heterocycles. The molecule has 1 heterocycles. The average Bonchev–Trinajstić information content (AvgIpc) is 2.04. The van der Waals surface area contributed by atoms with Crippen LogP contribution in [0.5, 0.6) is 5.88 Å². The maximum atomic E-state index is 7.08. The summed E-state index contributed by atoms with van der Waals surface area (Å²) in [5.41, 5.74) is 5.56. The number of ether oxygens (including phenoxy) is 1. The van der Waals surface area contributed by atoms with Crippen LogP contribution >= 0.6 is 0 Å². The van der Waals surface area contributed by atoms with Crippen molar-refractivity contribution in [1.29, 1.82) is 5.41 Å². The van der Waals surface area contributed by atoms with Gasteiger partial charge in [-0.15, -0.1) is 0 Å². The van der Waals surface area contributed by atoms with Crippen molar-refractivity contribution in [1.82, 2.24) is 9.97 Å². The van der Waals surface area contributed by atoms with Gasteiger partial charge >= 0.3 is 29.6 Å². The third-order valence-electron chi connectivity index (χ3n) is 1.26. The zero-order chi connectivity index (χ0) is 9.84. The van der Waals surface area contributed by atoms with Crippen molar-refractivity contribution in [2.24, 2.45) is 5.73 Å². The van der Waals surface area contributed by atoms with Gasteiger partial charge < -0.3 is 10.5 Å². The molecule has 0 aliphatic carbocycles. The van der Waals surface area contributed by atoms with E-state index in [0.717, 1.165) is 0 Å². The third kappa shape index (κ3) is 4.04. The van der Waals surface area contributed by atoms with E-state index in [0.29, 0.717) is 11.6 Å². The van der Waals surface area contributed by atoms with Gasteiger partial charge in [-0.2, -0.15) is 0 Å². The normalized spacial score (nSPS) is 9.36. The van der Waals surface area contributed by atoms with Gasteiger partial charge in [0.1, 0.15) is 11.5 Å². The van der Waals surface area contributed by atoms with Crippen LogP contribution in [-0.4, -0.2) is 51.5 Å². The molecule has 3 N–H and O–H groups in total. The summed E-state index contributed by atoms with van der Waals surface area (Å²) in [5, 5.41) is 7.08. The summed E-state index contributed by atoms with van der Waals surface area (Å²) >= 11 is 0. The zero-order valence-electron chi connectivity index (χ0n) is 7.61. The van der Waals surface area contributed by atoms with E-state index >= 15 is 0 Å². The zero-order valence-corrected chi connectivity index (χ0v) is 7.61. The van der Waals surface area contributed by atoms with Crippen LogP contribution in [0, 0.1) is 5.41 Å². The second kappa shape index (κ2) is 5.95. The Morgan fingerprint density at radius 1 is 1.43 bits per heavy atom. The van der Waals surface area contributed by atoms with Crippen molar-refractivity contribution >= 4 is 35.4 Å². The van der Waals surface area contributed by atoms with Crippen LogP contribution in [0.15, 0.2) is 12.4 Å². The minimum absolute atomic E-state index is 0. The molecule has 6 heteroatoms.